The van der Waals surface area contributed by atoms with Gasteiger partial charge in [-0.25, -0.2) is 0 Å². The minimum Gasteiger partial charge on any atom is -1.00 e. The number of rotatable bonds is 12. The molecule has 0 saturated heterocycles. The summed E-state index contributed by atoms with van der Waals surface area (Å²) >= 11 is 0. The molecule has 0 N–H and O–H groups in total. The summed E-state index contributed by atoms with van der Waals surface area (Å²) in [7, 11) is 13.7. The lowest BCUT2D eigenvalue weighted by molar-refractivity contribution is -0.870. The van der Waals surface area contributed by atoms with E-state index in [0.29, 0.717) is 0 Å². The van der Waals surface area contributed by atoms with E-state index in [1.165, 1.54) is 70.9 Å². The summed E-state index contributed by atoms with van der Waals surface area (Å²) in [5, 5.41) is 0. The molecule has 0 heterocycles. The zero-order valence-corrected chi connectivity index (χ0v) is 18.6. The minimum absolute atomic E-state index is 0. The summed E-state index contributed by atoms with van der Waals surface area (Å²) < 4.78 is 2.23. The van der Waals surface area contributed by atoms with Gasteiger partial charge in [0.25, 0.3) is 0 Å². The maximum Gasteiger partial charge on any atom is 0.0780 e. The predicted molar refractivity (Wildman–Crippen MR) is 87.4 cm³/mol. The van der Waals surface area contributed by atoms with Crippen LogP contribution in [0.1, 0.15) is 57.8 Å². The van der Waals surface area contributed by atoms with Gasteiger partial charge >= 0.3 is 0 Å². The second kappa shape index (κ2) is 14.5. The van der Waals surface area contributed by atoms with Crippen molar-refractivity contribution in [1.82, 2.24) is 0 Å². The standard InChI is InChI=1S/C17H40N2.2BrH/c1-18(2,3)16-14-12-10-8-7-9-11-13-15-17-19(4,5)6;;/h7-17H2,1-6H3;2*1H/q+2;;/p-2. The van der Waals surface area contributed by atoms with E-state index in [9.17, 15) is 0 Å². The van der Waals surface area contributed by atoms with E-state index < -0.39 is 0 Å². The predicted octanol–water partition coefficient (Wildman–Crippen LogP) is -2.08. The maximum absolute atomic E-state index is 2.29. The molecule has 0 bridgehead atoms. The van der Waals surface area contributed by atoms with Crippen LogP contribution in [0.2, 0.25) is 0 Å². The van der Waals surface area contributed by atoms with Crippen molar-refractivity contribution in [2.45, 2.75) is 57.8 Å². The Morgan fingerprint density at radius 2 is 0.571 bits per heavy atom. The van der Waals surface area contributed by atoms with Crippen molar-refractivity contribution >= 4 is 0 Å². The number of hydrogen-bond donors (Lipinski definition) is 0. The molecule has 4 heteroatoms. The van der Waals surface area contributed by atoms with Crippen LogP contribution < -0.4 is 34.0 Å². The van der Waals surface area contributed by atoms with Crippen LogP contribution in [0.4, 0.5) is 0 Å². The smallest absolute Gasteiger partial charge is 0.0780 e. The lowest BCUT2D eigenvalue weighted by Crippen LogP contribution is -3.00. The van der Waals surface area contributed by atoms with Crippen LogP contribution in [-0.2, 0) is 0 Å². The maximum atomic E-state index is 2.29. The molecule has 0 aromatic heterocycles. The van der Waals surface area contributed by atoms with Gasteiger partial charge in [-0.05, 0) is 25.7 Å². The van der Waals surface area contributed by atoms with Gasteiger partial charge in [0.1, 0.15) is 0 Å². The second-order valence-corrected chi connectivity index (χ2v) is 8.21. The first-order valence-electron chi connectivity index (χ1n) is 8.32. The molecule has 0 radical (unpaired) electrons. The molecular weight excluding hydrogens is 392 g/mol. The highest BCUT2D eigenvalue weighted by Crippen LogP contribution is 2.11. The number of nitrogens with zero attached hydrogens (tertiary/aromatic N) is 2. The highest BCUT2D eigenvalue weighted by Gasteiger charge is 2.06. The highest BCUT2D eigenvalue weighted by molar-refractivity contribution is 4.47. The van der Waals surface area contributed by atoms with E-state index in [0.717, 1.165) is 8.97 Å². The Morgan fingerprint density at radius 1 is 0.381 bits per heavy atom. The minimum atomic E-state index is 0. The van der Waals surface area contributed by atoms with E-state index in [-0.39, 0.29) is 34.0 Å². The van der Waals surface area contributed by atoms with Crippen molar-refractivity contribution in [3.63, 3.8) is 0 Å². The Hall–Kier alpha value is 0.880. The molecular formula is C17H40Br2N2. The summed E-state index contributed by atoms with van der Waals surface area (Å²) in [6, 6.07) is 0. The summed E-state index contributed by atoms with van der Waals surface area (Å²) in [5.74, 6) is 0. The molecule has 21 heavy (non-hydrogen) atoms. The summed E-state index contributed by atoms with van der Waals surface area (Å²) in [6.07, 6.45) is 12.9. The number of hydrogen-bond acceptors (Lipinski definition) is 0. The number of halogens is 2. The third-order valence-electron chi connectivity index (χ3n) is 3.66. The Balaban J connectivity index is -0.00000162. The van der Waals surface area contributed by atoms with Gasteiger partial charge < -0.3 is 42.9 Å². The van der Waals surface area contributed by atoms with Gasteiger partial charge in [0.05, 0.1) is 55.4 Å². The Bertz CT molecular complexity index is 186. The van der Waals surface area contributed by atoms with Gasteiger partial charge in [0.2, 0.25) is 0 Å². The summed E-state index contributed by atoms with van der Waals surface area (Å²) in [5.41, 5.74) is 0. The fourth-order valence-corrected chi connectivity index (χ4v) is 2.41. The van der Waals surface area contributed by atoms with Crippen molar-refractivity contribution in [3.05, 3.63) is 0 Å². The first kappa shape index (κ1) is 26.8. The average Bonchev–Trinajstić information content (AvgIpc) is 2.22. The molecule has 0 aliphatic carbocycles. The molecule has 0 fully saturated rings. The molecule has 0 aromatic rings. The van der Waals surface area contributed by atoms with Gasteiger partial charge in [-0.2, -0.15) is 0 Å². The quantitative estimate of drug-likeness (QED) is 0.245. The van der Waals surface area contributed by atoms with E-state index in [4.69, 9.17) is 0 Å². The largest absolute Gasteiger partial charge is 1.00 e. The average molecular weight is 432 g/mol. The molecule has 0 aromatic carbocycles. The molecule has 0 unspecified atom stereocenters. The molecule has 0 rings (SSSR count). The summed E-state index contributed by atoms with van der Waals surface area (Å²) in [4.78, 5) is 0. The first-order valence-corrected chi connectivity index (χ1v) is 8.32. The van der Waals surface area contributed by atoms with Crippen molar-refractivity contribution in [1.29, 1.82) is 0 Å². The van der Waals surface area contributed by atoms with Crippen molar-refractivity contribution in [2.24, 2.45) is 0 Å². The zero-order valence-electron chi connectivity index (χ0n) is 15.4. The Kier molecular flexibility index (Phi) is 18.4. The first-order chi connectivity index (χ1) is 8.71. The zero-order chi connectivity index (χ0) is 14.8. The lowest BCUT2D eigenvalue weighted by Gasteiger charge is -2.23. The topological polar surface area (TPSA) is 0 Å². The highest BCUT2D eigenvalue weighted by atomic mass is 79.9. The van der Waals surface area contributed by atoms with Crippen LogP contribution >= 0.6 is 0 Å². The van der Waals surface area contributed by atoms with E-state index in [1.54, 1.807) is 0 Å². The normalized spacial score (nSPS) is 11.7. The number of quaternary nitrogens is 2. The van der Waals surface area contributed by atoms with Crippen LogP contribution in [0.5, 0.6) is 0 Å². The second-order valence-electron chi connectivity index (χ2n) is 8.21. The molecule has 0 aliphatic heterocycles. The monoisotopic (exact) mass is 430 g/mol. The molecule has 0 spiro atoms. The van der Waals surface area contributed by atoms with Crippen molar-refractivity contribution in [3.8, 4) is 0 Å². The molecule has 0 atom stereocenters. The molecule has 0 aliphatic rings. The number of unbranched alkanes of at least 4 members (excludes halogenated alkanes) is 8. The van der Waals surface area contributed by atoms with Crippen LogP contribution in [-0.4, -0.2) is 64.3 Å². The molecule has 132 valence electrons. The SMILES string of the molecule is C[N+](C)(C)CCCCCCCCCCC[N+](C)(C)C.[Br-].[Br-]. The van der Waals surface area contributed by atoms with Gasteiger partial charge in [-0.15, -0.1) is 0 Å². The van der Waals surface area contributed by atoms with Crippen LogP contribution in [0.3, 0.4) is 0 Å². The third kappa shape index (κ3) is 26.1. The van der Waals surface area contributed by atoms with Gasteiger partial charge in [0, 0.05) is 0 Å². The van der Waals surface area contributed by atoms with E-state index in [2.05, 4.69) is 42.3 Å². The molecule has 0 amide bonds. The lowest BCUT2D eigenvalue weighted by atomic mass is 10.1. The van der Waals surface area contributed by atoms with Gasteiger partial charge in [0.15, 0.2) is 0 Å². The van der Waals surface area contributed by atoms with E-state index >= 15 is 0 Å². The fourth-order valence-electron chi connectivity index (χ4n) is 2.41. The van der Waals surface area contributed by atoms with Crippen LogP contribution in [0, 0.1) is 0 Å². The van der Waals surface area contributed by atoms with Gasteiger partial charge in [-0.1, -0.05) is 32.1 Å². The van der Waals surface area contributed by atoms with Crippen LogP contribution in [0.15, 0.2) is 0 Å². The fraction of sp³-hybridized carbons (Fsp3) is 1.00. The van der Waals surface area contributed by atoms with Crippen LogP contribution in [0.25, 0.3) is 0 Å². The summed E-state index contributed by atoms with van der Waals surface area (Å²) in [6.45, 7) is 2.65. The Labute approximate surface area is 156 Å². The molecule has 2 nitrogen and oxygen atoms in total. The third-order valence-corrected chi connectivity index (χ3v) is 3.66. The van der Waals surface area contributed by atoms with Gasteiger partial charge in [-0.3, -0.25) is 0 Å². The molecule has 0 saturated carbocycles. The Morgan fingerprint density at radius 3 is 0.762 bits per heavy atom. The van der Waals surface area contributed by atoms with Crippen molar-refractivity contribution < 1.29 is 42.9 Å². The van der Waals surface area contributed by atoms with Crippen molar-refractivity contribution in [2.75, 3.05) is 55.4 Å². The van der Waals surface area contributed by atoms with E-state index in [1.807, 2.05) is 0 Å².